The maximum absolute atomic E-state index is 8.81. The molecule has 15 heavy (non-hydrogen) atoms. The highest BCUT2D eigenvalue weighted by Crippen LogP contribution is 2.00. The zero-order valence-electron chi connectivity index (χ0n) is 8.93. The van der Waals surface area contributed by atoms with Gasteiger partial charge < -0.3 is 0 Å². The van der Waals surface area contributed by atoms with Crippen LogP contribution in [-0.2, 0) is 13.1 Å². The van der Waals surface area contributed by atoms with Gasteiger partial charge in [0.1, 0.15) is 18.9 Å². The standard InChI is InChI=1S/C11H15N4/c1-2-5-14-6-7-15(10-14)9-11(8-13)3-4-12/h6-7,10-11H,2-3,5,9H2,1H3/q+1. The molecule has 4 heteroatoms. The Kier molecular flexibility index (Phi) is 4.37. The van der Waals surface area contributed by atoms with Crippen LogP contribution in [-0.4, -0.2) is 4.57 Å². The molecule has 1 heterocycles. The topological polar surface area (TPSA) is 56.4 Å². The van der Waals surface area contributed by atoms with E-state index in [4.69, 9.17) is 10.5 Å². The summed E-state index contributed by atoms with van der Waals surface area (Å²) in [5.41, 5.74) is 0. The van der Waals surface area contributed by atoms with Crippen molar-refractivity contribution < 1.29 is 4.57 Å². The first-order valence-electron chi connectivity index (χ1n) is 5.11. The van der Waals surface area contributed by atoms with E-state index in [1.54, 1.807) is 0 Å². The average Bonchev–Trinajstić information content (AvgIpc) is 2.66. The maximum Gasteiger partial charge on any atom is 0.243 e. The molecule has 0 spiro atoms. The third kappa shape index (κ3) is 3.44. The summed E-state index contributed by atoms with van der Waals surface area (Å²) >= 11 is 0. The molecule has 0 aromatic carbocycles. The minimum absolute atomic E-state index is 0.211. The van der Waals surface area contributed by atoms with E-state index < -0.39 is 0 Å². The fraction of sp³-hybridized carbons (Fsp3) is 0.545. The van der Waals surface area contributed by atoms with Crippen molar-refractivity contribution in [3.05, 3.63) is 18.7 Å². The molecular weight excluding hydrogens is 188 g/mol. The molecule has 1 atom stereocenters. The Hall–Kier alpha value is -1.81. The van der Waals surface area contributed by atoms with Crippen LogP contribution in [0.2, 0.25) is 0 Å². The summed E-state index contributed by atoms with van der Waals surface area (Å²) in [7, 11) is 0. The lowest BCUT2D eigenvalue weighted by molar-refractivity contribution is -0.700. The van der Waals surface area contributed by atoms with E-state index in [0.717, 1.165) is 13.0 Å². The van der Waals surface area contributed by atoms with Gasteiger partial charge >= 0.3 is 0 Å². The van der Waals surface area contributed by atoms with Crippen molar-refractivity contribution in [1.82, 2.24) is 4.57 Å². The van der Waals surface area contributed by atoms with Crippen molar-refractivity contribution in [2.24, 2.45) is 5.92 Å². The molecule has 78 valence electrons. The monoisotopic (exact) mass is 203 g/mol. The summed E-state index contributed by atoms with van der Waals surface area (Å²) in [6.07, 6.45) is 7.30. The minimum Gasteiger partial charge on any atom is -0.237 e. The van der Waals surface area contributed by atoms with Gasteiger partial charge in [0.05, 0.1) is 31.0 Å². The fourth-order valence-electron chi connectivity index (χ4n) is 1.45. The van der Waals surface area contributed by atoms with E-state index in [0.29, 0.717) is 13.0 Å². The average molecular weight is 203 g/mol. The van der Waals surface area contributed by atoms with Gasteiger partial charge in [-0.1, -0.05) is 6.92 Å². The third-order valence-corrected chi connectivity index (χ3v) is 2.18. The number of nitrogens with zero attached hydrogens (tertiary/aromatic N) is 4. The number of nitriles is 2. The van der Waals surface area contributed by atoms with Crippen LogP contribution in [0, 0.1) is 28.6 Å². The van der Waals surface area contributed by atoms with Crippen LogP contribution < -0.4 is 4.57 Å². The maximum atomic E-state index is 8.81. The second-order valence-electron chi connectivity index (χ2n) is 3.54. The summed E-state index contributed by atoms with van der Waals surface area (Å²) in [4.78, 5) is 0. The summed E-state index contributed by atoms with van der Waals surface area (Å²) in [6, 6.07) is 4.17. The molecule has 1 rings (SSSR count). The van der Waals surface area contributed by atoms with Gasteiger partial charge in [-0.05, 0) is 6.42 Å². The van der Waals surface area contributed by atoms with Gasteiger partial charge in [-0.25, -0.2) is 9.13 Å². The second-order valence-corrected chi connectivity index (χ2v) is 3.54. The quantitative estimate of drug-likeness (QED) is 0.676. The van der Waals surface area contributed by atoms with E-state index in [-0.39, 0.29) is 5.92 Å². The van der Waals surface area contributed by atoms with Gasteiger partial charge in [0.25, 0.3) is 0 Å². The van der Waals surface area contributed by atoms with E-state index >= 15 is 0 Å². The van der Waals surface area contributed by atoms with Crippen LogP contribution in [0.15, 0.2) is 18.7 Å². The molecule has 0 aliphatic heterocycles. The molecule has 0 N–H and O–H groups in total. The number of imidazole rings is 1. The first-order valence-corrected chi connectivity index (χ1v) is 5.11. The number of aromatic nitrogens is 2. The van der Waals surface area contributed by atoms with Crippen LogP contribution in [0.25, 0.3) is 0 Å². The normalized spacial score (nSPS) is 11.7. The van der Waals surface area contributed by atoms with E-state index in [1.807, 2.05) is 29.4 Å². The first-order chi connectivity index (χ1) is 7.30. The number of rotatable bonds is 5. The molecule has 0 aliphatic rings. The minimum atomic E-state index is -0.211. The molecule has 0 saturated heterocycles. The lowest BCUT2D eigenvalue weighted by atomic mass is 10.1. The van der Waals surface area contributed by atoms with Crippen LogP contribution in [0.5, 0.6) is 0 Å². The molecule has 1 aromatic rings. The smallest absolute Gasteiger partial charge is 0.237 e. The van der Waals surface area contributed by atoms with E-state index in [1.165, 1.54) is 0 Å². The Balaban J connectivity index is 2.57. The van der Waals surface area contributed by atoms with Crippen molar-refractivity contribution >= 4 is 0 Å². The Labute approximate surface area is 90.0 Å². The third-order valence-electron chi connectivity index (χ3n) is 2.18. The zero-order valence-corrected chi connectivity index (χ0v) is 8.93. The predicted molar refractivity (Wildman–Crippen MR) is 54.3 cm³/mol. The Morgan fingerprint density at radius 2 is 2.27 bits per heavy atom. The highest BCUT2D eigenvalue weighted by molar-refractivity contribution is 4.88. The Morgan fingerprint density at radius 3 is 2.87 bits per heavy atom. The van der Waals surface area contributed by atoms with Crippen molar-refractivity contribution in [2.45, 2.75) is 32.9 Å². The fourth-order valence-corrected chi connectivity index (χ4v) is 1.45. The van der Waals surface area contributed by atoms with Gasteiger partial charge in [-0.2, -0.15) is 10.5 Å². The number of hydrogen-bond acceptors (Lipinski definition) is 2. The predicted octanol–water partition coefficient (Wildman–Crippen LogP) is 1.24. The molecular formula is C11H15N4+. The number of hydrogen-bond donors (Lipinski definition) is 0. The number of aryl methyl sites for hydroxylation is 1. The van der Waals surface area contributed by atoms with Gasteiger partial charge in [-0.15, -0.1) is 0 Å². The van der Waals surface area contributed by atoms with Crippen LogP contribution >= 0.6 is 0 Å². The van der Waals surface area contributed by atoms with Gasteiger partial charge in [0.2, 0.25) is 6.33 Å². The lowest BCUT2D eigenvalue weighted by Gasteiger charge is -1.99. The lowest BCUT2D eigenvalue weighted by Crippen LogP contribution is -2.35. The molecule has 0 amide bonds. The molecule has 0 radical (unpaired) electrons. The highest BCUT2D eigenvalue weighted by Gasteiger charge is 2.12. The van der Waals surface area contributed by atoms with E-state index in [2.05, 4.69) is 17.6 Å². The highest BCUT2D eigenvalue weighted by atomic mass is 15.1. The summed E-state index contributed by atoms with van der Waals surface area (Å²) in [5.74, 6) is -0.211. The van der Waals surface area contributed by atoms with Crippen LogP contribution in [0.4, 0.5) is 0 Å². The second kappa shape index (κ2) is 5.82. The molecule has 0 bridgehead atoms. The van der Waals surface area contributed by atoms with Crippen LogP contribution in [0.3, 0.4) is 0 Å². The van der Waals surface area contributed by atoms with Gasteiger partial charge in [0.15, 0.2) is 0 Å². The molecule has 0 saturated carbocycles. The van der Waals surface area contributed by atoms with Crippen molar-refractivity contribution in [1.29, 1.82) is 10.5 Å². The SMILES string of the molecule is CCCn1cc[n+](CC(C#N)CC#N)c1. The van der Waals surface area contributed by atoms with Crippen LogP contribution in [0.1, 0.15) is 19.8 Å². The zero-order chi connectivity index (χ0) is 11.1. The molecule has 1 aromatic heterocycles. The van der Waals surface area contributed by atoms with Gasteiger partial charge in [-0.3, -0.25) is 0 Å². The van der Waals surface area contributed by atoms with Gasteiger partial charge in [0, 0.05) is 0 Å². The van der Waals surface area contributed by atoms with Crippen molar-refractivity contribution in [2.75, 3.05) is 0 Å². The Bertz CT molecular complexity index is 380. The van der Waals surface area contributed by atoms with Crippen molar-refractivity contribution in [3.63, 3.8) is 0 Å². The largest absolute Gasteiger partial charge is 0.243 e. The summed E-state index contributed by atoms with van der Waals surface area (Å²) in [6.45, 7) is 3.71. The molecule has 0 fully saturated rings. The molecule has 4 nitrogen and oxygen atoms in total. The summed E-state index contributed by atoms with van der Waals surface area (Å²) < 4.78 is 4.04. The molecule has 0 aliphatic carbocycles. The van der Waals surface area contributed by atoms with Crippen molar-refractivity contribution in [3.8, 4) is 12.1 Å². The molecule has 1 unspecified atom stereocenters. The van der Waals surface area contributed by atoms with E-state index in [9.17, 15) is 0 Å². The Morgan fingerprint density at radius 1 is 1.47 bits per heavy atom. The first kappa shape index (κ1) is 11.3. The summed E-state index contributed by atoms with van der Waals surface area (Å²) in [5, 5.41) is 17.3.